The highest BCUT2D eigenvalue weighted by Gasteiger charge is 2.26. The zero-order valence-electron chi connectivity index (χ0n) is 7.50. The molecule has 1 amide bonds. The Morgan fingerprint density at radius 1 is 1.40 bits per heavy atom. The third-order valence-corrected chi connectivity index (χ3v) is 2.01. The maximum atomic E-state index is 13.2. The van der Waals surface area contributed by atoms with E-state index in [2.05, 4.69) is 10.1 Å². The lowest BCUT2D eigenvalue weighted by molar-refractivity contribution is 0.176. The maximum Gasteiger partial charge on any atom is 0.407 e. The summed E-state index contributed by atoms with van der Waals surface area (Å²) in [7, 11) is 0. The number of rotatable bonds is 1. The van der Waals surface area contributed by atoms with Crippen molar-refractivity contribution in [3.63, 3.8) is 0 Å². The molecular formula is C9H8ClF2NO2. The van der Waals surface area contributed by atoms with Crippen molar-refractivity contribution < 1.29 is 18.3 Å². The molecule has 3 nitrogen and oxygen atoms in total. The second-order valence-electron chi connectivity index (χ2n) is 2.96. The fraction of sp³-hybridized carbons (Fsp3) is 0.222. The first-order valence-electron chi connectivity index (χ1n) is 4.05. The number of nitrogens with one attached hydrogen (secondary N) is 1. The molecule has 1 aromatic rings. The van der Waals surface area contributed by atoms with Gasteiger partial charge in [-0.3, -0.25) is 0 Å². The Bertz CT molecular complexity index is 386. The highest BCUT2D eigenvalue weighted by Crippen LogP contribution is 2.21. The van der Waals surface area contributed by atoms with Gasteiger partial charge in [-0.15, -0.1) is 12.4 Å². The predicted octanol–water partition coefficient (Wildman–Crippen LogP) is 2.17. The molecule has 0 unspecified atom stereocenters. The molecule has 1 N–H and O–H groups in total. The summed E-state index contributed by atoms with van der Waals surface area (Å²) in [5.74, 6) is -1.32. The van der Waals surface area contributed by atoms with Crippen molar-refractivity contribution in [3.8, 4) is 0 Å². The van der Waals surface area contributed by atoms with E-state index in [4.69, 9.17) is 0 Å². The first kappa shape index (κ1) is 11.7. The molecule has 0 aliphatic carbocycles. The second-order valence-corrected chi connectivity index (χ2v) is 2.96. The topological polar surface area (TPSA) is 38.3 Å². The molecule has 1 fully saturated rings. The molecule has 82 valence electrons. The van der Waals surface area contributed by atoms with Crippen LogP contribution in [0.4, 0.5) is 13.6 Å². The monoisotopic (exact) mass is 235 g/mol. The number of ether oxygens (including phenoxy) is 1. The van der Waals surface area contributed by atoms with E-state index < -0.39 is 23.8 Å². The van der Waals surface area contributed by atoms with Gasteiger partial charge in [-0.25, -0.2) is 13.6 Å². The molecular weight excluding hydrogens is 228 g/mol. The van der Waals surface area contributed by atoms with Crippen LogP contribution in [0, 0.1) is 11.6 Å². The summed E-state index contributed by atoms with van der Waals surface area (Å²) >= 11 is 0. The zero-order chi connectivity index (χ0) is 10.1. The third kappa shape index (κ3) is 2.36. The number of amides is 1. The Morgan fingerprint density at radius 2 is 2.13 bits per heavy atom. The van der Waals surface area contributed by atoms with Crippen molar-refractivity contribution in [2.75, 3.05) is 6.61 Å². The van der Waals surface area contributed by atoms with Gasteiger partial charge in [-0.1, -0.05) is 6.07 Å². The number of carbonyl (C=O) groups is 1. The summed E-state index contributed by atoms with van der Waals surface area (Å²) in [5, 5.41) is 2.41. The molecule has 0 radical (unpaired) electrons. The fourth-order valence-electron chi connectivity index (χ4n) is 1.34. The van der Waals surface area contributed by atoms with Gasteiger partial charge in [0.2, 0.25) is 0 Å². The van der Waals surface area contributed by atoms with E-state index in [1.165, 1.54) is 6.07 Å². The van der Waals surface area contributed by atoms with Crippen LogP contribution in [0.1, 0.15) is 11.6 Å². The fourth-order valence-corrected chi connectivity index (χ4v) is 1.34. The molecule has 0 spiro atoms. The summed E-state index contributed by atoms with van der Waals surface area (Å²) in [6, 6.07) is 2.69. The Balaban J connectivity index is 0.00000112. The number of halogens is 3. The molecule has 1 aromatic carbocycles. The van der Waals surface area contributed by atoms with E-state index in [1.807, 2.05) is 0 Å². The molecule has 0 saturated carbocycles. The number of carbonyl (C=O) groups excluding carboxylic acids is 1. The van der Waals surface area contributed by atoms with E-state index in [1.54, 1.807) is 0 Å². The second kappa shape index (κ2) is 4.44. The SMILES string of the molecule is Cl.O=C1N[C@@H](c2ccc(F)cc2F)CO1. The Hall–Kier alpha value is -1.36. The van der Waals surface area contributed by atoms with Gasteiger partial charge in [0.1, 0.15) is 18.2 Å². The quantitative estimate of drug-likeness (QED) is 0.810. The third-order valence-electron chi connectivity index (χ3n) is 2.01. The van der Waals surface area contributed by atoms with Crippen LogP contribution in [-0.4, -0.2) is 12.7 Å². The van der Waals surface area contributed by atoms with E-state index in [0.717, 1.165) is 12.1 Å². The molecule has 1 aliphatic heterocycles. The average molecular weight is 236 g/mol. The number of cyclic esters (lactones) is 1. The molecule has 0 bridgehead atoms. The molecule has 1 heterocycles. The van der Waals surface area contributed by atoms with Gasteiger partial charge in [-0.05, 0) is 6.07 Å². The Kier molecular flexibility index (Phi) is 3.47. The lowest BCUT2D eigenvalue weighted by atomic mass is 10.1. The number of alkyl carbamates (subject to hydrolysis) is 1. The summed E-state index contributed by atoms with van der Waals surface area (Å²) in [6.45, 7) is 0.0708. The lowest BCUT2D eigenvalue weighted by Gasteiger charge is -2.08. The van der Waals surface area contributed by atoms with Crippen LogP contribution in [0.25, 0.3) is 0 Å². The normalized spacial score (nSPS) is 19.1. The van der Waals surface area contributed by atoms with Crippen LogP contribution in [0.15, 0.2) is 18.2 Å². The standard InChI is InChI=1S/C9H7F2NO2.ClH/c10-5-1-2-6(7(11)3-5)8-4-14-9(13)12-8;/h1-3,8H,4H2,(H,12,13);1H/t8-;/m1./s1. The summed E-state index contributed by atoms with van der Waals surface area (Å²) < 4.78 is 30.3. The van der Waals surface area contributed by atoms with E-state index in [0.29, 0.717) is 0 Å². The van der Waals surface area contributed by atoms with Crippen LogP contribution >= 0.6 is 12.4 Å². The van der Waals surface area contributed by atoms with Crippen molar-refractivity contribution in [2.45, 2.75) is 6.04 Å². The van der Waals surface area contributed by atoms with Gasteiger partial charge >= 0.3 is 6.09 Å². The van der Waals surface area contributed by atoms with Crippen LogP contribution in [-0.2, 0) is 4.74 Å². The number of hydrogen-bond acceptors (Lipinski definition) is 2. The summed E-state index contributed by atoms with van der Waals surface area (Å²) in [5.41, 5.74) is 0.234. The summed E-state index contributed by atoms with van der Waals surface area (Å²) in [6.07, 6.45) is -0.585. The van der Waals surface area contributed by atoms with Crippen LogP contribution in [0.5, 0.6) is 0 Å². The van der Waals surface area contributed by atoms with Crippen LogP contribution < -0.4 is 5.32 Å². The van der Waals surface area contributed by atoms with Crippen molar-refractivity contribution in [1.82, 2.24) is 5.32 Å². The average Bonchev–Trinajstić information content (AvgIpc) is 2.51. The molecule has 0 aromatic heterocycles. The van der Waals surface area contributed by atoms with E-state index >= 15 is 0 Å². The minimum Gasteiger partial charge on any atom is -0.447 e. The maximum absolute atomic E-state index is 13.2. The lowest BCUT2D eigenvalue weighted by Crippen LogP contribution is -2.19. The highest BCUT2D eigenvalue weighted by atomic mass is 35.5. The summed E-state index contributed by atoms with van der Waals surface area (Å²) in [4.78, 5) is 10.7. The van der Waals surface area contributed by atoms with E-state index in [9.17, 15) is 13.6 Å². The van der Waals surface area contributed by atoms with Crippen LogP contribution in [0.3, 0.4) is 0 Å². The number of benzene rings is 1. The predicted molar refractivity (Wildman–Crippen MR) is 50.8 cm³/mol. The molecule has 1 atom stereocenters. The van der Waals surface area contributed by atoms with Crippen LogP contribution in [0.2, 0.25) is 0 Å². The van der Waals surface area contributed by atoms with Gasteiger partial charge in [0.05, 0.1) is 6.04 Å². The first-order chi connectivity index (χ1) is 6.66. The highest BCUT2D eigenvalue weighted by molar-refractivity contribution is 5.85. The smallest absolute Gasteiger partial charge is 0.407 e. The number of hydrogen-bond donors (Lipinski definition) is 1. The van der Waals surface area contributed by atoms with E-state index in [-0.39, 0.29) is 24.6 Å². The zero-order valence-corrected chi connectivity index (χ0v) is 8.31. The minimum absolute atomic E-state index is 0. The molecule has 1 saturated heterocycles. The van der Waals surface area contributed by atoms with Crippen molar-refractivity contribution in [3.05, 3.63) is 35.4 Å². The van der Waals surface area contributed by atoms with Gasteiger partial charge < -0.3 is 10.1 Å². The van der Waals surface area contributed by atoms with Crippen molar-refractivity contribution >= 4 is 18.5 Å². The van der Waals surface area contributed by atoms with Gasteiger partial charge in [0.25, 0.3) is 0 Å². The Morgan fingerprint density at radius 3 is 2.67 bits per heavy atom. The molecule has 1 aliphatic rings. The van der Waals surface area contributed by atoms with Gasteiger partial charge in [0.15, 0.2) is 0 Å². The van der Waals surface area contributed by atoms with Gasteiger partial charge in [-0.2, -0.15) is 0 Å². The largest absolute Gasteiger partial charge is 0.447 e. The molecule has 15 heavy (non-hydrogen) atoms. The Labute approximate surface area is 90.8 Å². The molecule has 6 heteroatoms. The van der Waals surface area contributed by atoms with Gasteiger partial charge in [0, 0.05) is 11.6 Å². The van der Waals surface area contributed by atoms with Crippen molar-refractivity contribution in [1.29, 1.82) is 0 Å². The molecule has 2 rings (SSSR count). The first-order valence-corrected chi connectivity index (χ1v) is 4.05. The van der Waals surface area contributed by atoms with Crippen molar-refractivity contribution in [2.24, 2.45) is 0 Å². The minimum atomic E-state index is -0.680.